The minimum absolute atomic E-state index is 0.0869. The molecule has 12 heteroatoms. The summed E-state index contributed by atoms with van der Waals surface area (Å²) in [7, 11) is 3.42. The van der Waals surface area contributed by atoms with Crippen LogP contribution in [0.5, 0.6) is 17.4 Å². The van der Waals surface area contributed by atoms with Gasteiger partial charge >= 0.3 is 0 Å². The first-order valence-corrected chi connectivity index (χ1v) is 17.6. The number of carbonyl (C=O) groups is 1. The Kier molecular flexibility index (Phi) is 9.75. The molecule has 3 N–H and O–H groups in total. The van der Waals surface area contributed by atoms with Crippen LogP contribution in [-0.2, 0) is 6.54 Å². The third-order valence-corrected chi connectivity index (χ3v) is 10.6. The second-order valence-electron chi connectivity index (χ2n) is 13.8. The maximum Gasteiger partial charge on any atom is 0.251 e. The predicted octanol–water partition coefficient (Wildman–Crippen LogP) is 5.49. The lowest BCUT2D eigenvalue weighted by Crippen LogP contribution is -2.52. The van der Waals surface area contributed by atoms with Crippen molar-refractivity contribution in [2.75, 3.05) is 52.2 Å². The van der Waals surface area contributed by atoms with Crippen LogP contribution in [-0.4, -0.2) is 94.6 Å². The van der Waals surface area contributed by atoms with Gasteiger partial charge in [0.1, 0.15) is 22.7 Å². The second-order valence-corrected chi connectivity index (χ2v) is 14.2. The minimum Gasteiger partial charge on any atom is -0.495 e. The lowest BCUT2D eigenvalue weighted by Gasteiger charge is -2.42. The van der Waals surface area contributed by atoms with Crippen LogP contribution in [0.3, 0.4) is 0 Å². The van der Waals surface area contributed by atoms with E-state index in [1.54, 1.807) is 19.2 Å². The number of benzene rings is 2. The molecule has 2 aromatic carbocycles. The van der Waals surface area contributed by atoms with Gasteiger partial charge in [-0.2, -0.15) is 4.98 Å². The zero-order valence-corrected chi connectivity index (χ0v) is 28.8. The van der Waals surface area contributed by atoms with Crippen molar-refractivity contribution in [1.29, 1.82) is 0 Å². The fourth-order valence-electron chi connectivity index (χ4n) is 7.42. The number of carbonyl (C=O) groups excluding carboxylic acids is 1. The van der Waals surface area contributed by atoms with Crippen molar-refractivity contribution < 1.29 is 19.4 Å². The molecular weight excluding hydrogens is 630 g/mol. The summed E-state index contributed by atoms with van der Waals surface area (Å²) in [6.07, 6.45) is 7.74. The lowest BCUT2D eigenvalue weighted by molar-refractivity contribution is 0.0325. The molecule has 7 rings (SSSR count). The van der Waals surface area contributed by atoms with E-state index in [1.165, 1.54) is 51.8 Å². The average molecular weight is 676 g/mol. The number of nitrogens with one attached hydrogen (secondary N) is 2. The number of hydrogen-bond donors (Lipinski definition) is 3. The number of methoxy groups -OCH3 is 1. The Bertz CT molecular complexity index is 1640. The van der Waals surface area contributed by atoms with Crippen molar-refractivity contribution in [3.8, 4) is 17.4 Å². The van der Waals surface area contributed by atoms with E-state index in [-0.39, 0.29) is 28.8 Å². The van der Waals surface area contributed by atoms with Gasteiger partial charge < -0.3 is 30.1 Å². The Labute approximate surface area is 287 Å². The average Bonchev–Trinajstić information content (AvgIpc) is 3.85. The smallest absolute Gasteiger partial charge is 0.251 e. The number of ether oxygens (including phenoxy) is 2. The molecule has 2 saturated carbocycles. The molecule has 3 aromatic rings. The van der Waals surface area contributed by atoms with Gasteiger partial charge in [0.2, 0.25) is 11.8 Å². The SMILES string of the molecule is COc1cc(C(=O)N[C@H]2CC[C@H](N3CCN(CC4CC4)CC3)CC2)c(C)cc1Nc1ncc(Cl)c(Oc2cccc3c2C(O)N(C)C3)n1. The highest BCUT2D eigenvalue weighted by Gasteiger charge is 2.32. The normalized spacial score (nSPS) is 23.5. The summed E-state index contributed by atoms with van der Waals surface area (Å²) in [6.45, 7) is 8.53. The molecule has 1 saturated heterocycles. The van der Waals surface area contributed by atoms with Gasteiger partial charge in [0.05, 0.1) is 19.0 Å². The molecule has 1 aromatic heterocycles. The summed E-state index contributed by atoms with van der Waals surface area (Å²) in [4.78, 5) is 29.5. The monoisotopic (exact) mass is 675 g/mol. The van der Waals surface area contributed by atoms with Gasteiger partial charge in [0, 0.05) is 62.5 Å². The van der Waals surface area contributed by atoms with E-state index in [0.717, 1.165) is 42.7 Å². The minimum atomic E-state index is -0.782. The van der Waals surface area contributed by atoms with Gasteiger partial charge in [-0.15, -0.1) is 0 Å². The van der Waals surface area contributed by atoms with Crippen molar-refractivity contribution in [2.24, 2.45) is 5.92 Å². The number of piperazine rings is 1. The fourth-order valence-corrected chi connectivity index (χ4v) is 7.55. The Balaban J connectivity index is 0.970. The standard InChI is InChI=1S/C36H46ClN7O4/c1-22-17-29(40-36-38-19-28(37)34(41-36)48-30-6-4-5-24-21-42(2)35(46)32(24)30)31(47-3)18-27(22)33(45)39-25-9-11-26(12-10-25)44-15-13-43(14-16-44)20-23-7-8-23/h4-6,17-19,23,25-26,35,46H,7-16,20-21H2,1-3H3,(H,39,45)(H,38,40,41)/t25-,26-,35?. The summed E-state index contributed by atoms with van der Waals surface area (Å²) in [6, 6.07) is 10.0. The molecule has 256 valence electrons. The summed E-state index contributed by atoms with van der Waals surface area (Å²) in [5.41, 5.74) is 3.66. The first-order chi connectivity index (χ1) is 23.2. The van der Waals surface area contributed by atoms with Gasteiger partial charge in [0.25, 0.3) is 5.91 Å². The maximum atomic E-state index is 13.5. The van der Waals surface area contributed by atoms with Crippen molar-refractivity contribution in [1.82, 2.24) is 30.0 Å². The third kappa shape index (κ3) is 7.25. The first-order valence-electron chi connectivity index (χ1n) is 17.2. The van der Waals surface area contributed by atoms with Crippen molar-refractivity contribution in [2.45, 2.75) is 70.3 Å². The largest absolute Gasteiger partial charge is 0.495 e. The number of aryl methyl sites for hydroxylation is 1. The Morgan fingerprint density at radius 3 is 2.56 bits per heavy atom. The topological polar surface area (TPSA) is 115 Å². The van der Waals surface area contributed by atoms with Crippen LogP contribution >= 0.6 is 11.6 Å². The van der Waals surface area contributed by atoms with Crippen LogP contribution in [0.2, 0.25) is 5.02 Å². The number of fused-ring (bicyclic) bond motifs is 1. The van der Waals surface area contributed by atoms with Gasteiger partial charge in [-0.25, -0.2) is 4.98 Å². The molecule has 2 aliphatic heterocycles. The fraction of sp³-hybridized carbons (Fsp3) is 0.528. The summed E-state index contributed by atoms with van der Waals surface area (Å²) in [5, 5.41) is 17.4. The number of halogens is 1. The molecule has 3 fully saturated rings. The number of aromatic nitrogens is 2. The third-order valence-electron chi connectivity index (χ3n) is 10.4. The summed E-state index contributed by atoms with van der Waals surface area (Å²) < 4.78 is 11.8. The molecule has 0 bridgehead atoms. The van der Waals surface area contributed by atoms with Crippen molar-refractivity contribution in [3.63, 3.8) is 0 Å². The van der Waals surface area contributed by atoms with E-state index in [0.29, 0.717) is 40.9 Å². The van der Waals surface area contributed by atoms with E-state index in [2.05, 4.69) is 30.4 Å². The molecule has 0 radical (unpaired) electrons. The maximum absolute atomic E-state index is 13.5. The molecular formula is C36H46ClN7O4. The summed E-state index contributed by atoms with van der Waals surface area (Å²) >= 11 is 6.43. The van der Waals surface area contributed by atoms with E-state index in [9.17, 15) is 9.90 Å². The zero-order chi connectivity index (χ0) is 33.4. The van der Waals surface area contributed by atoms with Gasteiger partial charge in [0.15, 0.2) is 0 Å². The van der Waals surface area contributed by atoms with E-state index in [4.69, 9.17) is 21.1 Å². The van der Waals surface area contributed by atoms with E-state index >= 15 is 0 Å². The van der Waals surface area contributed by atoms with E-state index in [1.807, 2.05) is 37.1 Å². The zero-order valence-electron chi connectivity index (χ0n) is 28.0. The highest BCUT2D eigenvalue weighted by Crippen LogP contribution is 2.40. The second kappa shape index (κ2) is 14.2. The van der Waals surface area contributed by atoms with Crippen LogP contribution in [0.25, 0.3) is 0 Å². The van der Waals surface area contributed by atoms with E-state index < -0.39 is 6.23 Å². The van der Waals surface area contributed by atoms with Crippen LogP contribution in [0.4, 0.5) is 11.6 Å². The van der Waals surface area contributed by atoms with Crippen LogP contribution in [0.15, 0.2) is 36.5 Å². The molecule has 0 spiro atoms. The number of aliphatic hydroxyl groups excluding tert-OH is 1. The van der Waals surface area contributed by atoms with Gasteiger partial charge in [-0.1, -0.05) is 23.7 Å². The molecule has 4 aliphatic rings. The first kappa shape index (κ1) is 33.0. The number of rotatable bonds is 10. The molecule has 1 amide bonds. The number of amides is 1. The molecule has 3 heterocycles. The van der Waals surface area contributed by atoms with Gasteiger partial charge in [-0.05, 0) is 87.7 Å². The number of aliphatic hydroxyl groups is 1. The lowest BCUT2D eigenvalue weighted by atomic mass is 9.89. The molecule has 1 unspecified atom stereocenters. The molecule has 11 nitrogen and oxygen atoms in total. The molecule has 1 atom stereocenters. The van der Waals surface area contributed by atoms with Crippen LogP contribution < -0.4 is 20.1 Å². The predicted molar refractivity (Wildman–Crippen MR) is 185 cm³/mol. The van der Waals surface area contributed by atoms with Crippen molar-refractivity contribution >= 4 is 29.1 Å². The molecule has 2 aliphatic carbocycles. The Morgan fingerprint density at radius 2 is 1.83 bits per heavy atom. The van der Waals surface area contributed by atoms with Crippen LogP contribution in [0.1, 0.15) is 71.8 Å². The van der Waals surface area contributed by atoms with Gasteiger partial charge in [-0.3, -0.25) is 14.6 Å². The highest BCUT2D eigenvalue weighted by atomic mass is 35.5. The summed E-state index contributed by atoms with van der Waals surface area (Å²) in [5.74, 6) is 2.24. The number of anilines is 2. The quantitative estimate of drug-likeness (QED) is 0.255. The number of nitrogens with zero attached hydrogens (tertiary/aromatic N) is 5. The highest BCUT2D eigenvalue weighted by molar-refractivity contribution is 6.31. The van der Waals surface area contributed by atoms with Crippen molar-refractivity contribution in [3.05, 3.63) is 63.8 Å². The Morgan fingerprint density at radius 1 is 1.06 bits per heavy atom. The number of hydrogen-bond acceptors (Lipinski definition) is 10. The van der Waals surface area contributed by atoms with Crippen LogP contribution in [0, 0.1) is 12.8 Å². The Hall–Kier alpha value is -3.48. The molecule has 48 heavy (non-hydrogen) atoms.